The van der Waals surface area contributed by atoms with E-state index in [9.17, 15) is 41.7 Å². The van der Waals surface area contributed by atoms with Gasteiger partial charge in [0.15, 0.2) is 11.2 Å². The van der Waals surface area contributed by atoms with Crippen molar-refractivity contribution in [1.29, 1.82) is 0 Å². The maximum atomic E-state index is 13.6. The predicted octanol–water partition coefficient (Wildman–Crippen LogP) is 5.59. The van der Waals surface area contributed by atoms with E-state index < -0.39 is 61.0 Å². The minimum absolute atomic E-state index is 0.0147. The molecule has 5 aromatic rings. The zero-order chi connectivity index (χ0) is 43.5. The molecule has 316 valence electrons. The largest absolute Gasteiger partial charge is 0.475 e. The van der Waals surface area contributed by atoms with Crippen LogP contribution < -0.4 is 32.6 Å². The van der Waals surface area contributed by atoms with Crippen LogP contribution in [0, 0.1) is 0 Å². The average Bonchev–Trinajstić information content (AvgIpc) is 3.21. The minimum Gasteiger partial charge on any atom is -0.379 e. The van der Waals surface area contributed by atoms with Gasteiger partial charge in [0.05, 0.1) is 61.1 Å². The normalized spacial score (nSPS) is 12.1. The highest BCUT2D eigenvalue weighted by Gasteiger charge is 2.32. The van der Waals surface area contributed by atoms with Crippen molar-refractivity contribution in [2.45, 2.75) is 52.1 Å². The van der Waals surface area contributed by atoms with E-state index in [0.29, 0.717) is 35.4 Å². The summed E-state index contributed by atoms with van der Waals surface area (Å²) in [6, 6.07) is 13.3. The van der Waals surface area contributed by atoms with Gasteiger partial charge in [-0.2, -0.15) is 18.2 Å². The molecule has 0 bridgehead atoms. The smallest absolute Gasteiger partial charge is 0.379 e. The molecule has 7 N–H and O–H groups in total. The molecule has 2 heterocycles. The predicted molar refractivity (Wildman–Crippen MR) is 213 cm³/mol. The molecule has 2 aromatic heterocycles. The van der Waals surface area contributed by atoms with Crippen molar-refractivity contribution in [3.8, 4) is 0 Å². The second kappa shape index (κ2) is 19.9. The van der Waals surface area contributed by atoms with E-state index in [-0.39, 0.29) is 66.7 Å². The number of nitrogens with zero attached hydrogens (tertiary/aromatic N) is 3. The number of hydrogen-bond acceptors (Lipinski definition) is 14. The summed E-state index contributed by atoms with van der Waals surface area (Å²) in [5, 5.41) is 10.5. The Bertz CT molecular complexity index is 2440. The maximum Gasteiger partial charge on any atom is 0.475 e. The van der Waals surface area contributed by atoms with E-state index in [1.807, 2.05) is 0 Å². The Morgan fingerprint density at radius 1 is 0.917 bits per heavy atom. The van der Waals surface area contributed by atoms with Gasteiger partial charge >= 0.3 is 14.0 Å². The van der Waals surface area contributed by atoms with Crippen LogP contribution in [-0.2, 0) is 47.1 Å². The van der Waals surface area contributed by atoms with E-state index in [4.69, 9.17) is 19.3 Å². The van der Waals surface area contributed by atoms with Gasteiger partial charge in [0.2, 0.25) is 11.9 Å². The number of aromatic amines is 1. The molecule has 60 heavy (non-hydrogen) atoms. The number of carbonyl (C=O) groups excluding carboxylic acids is 4. The molecule has 0 aliphatic rings. The number of nitrogens with one attached hydrogen (secondary N) is 5. The number of H-pyrrole nitrogens is 1. The number of anilines is 4. The fourth-order valence-corrected chi connectivity index (χ4v) is 6.56. The van der Waals surface area contributed by atoms with E-state index in [1.165, 1.54) is 30.5 Å². The molecule has 0 fully saturated rings. The number of phosphoric ester groups is 1. The summed E-state index contributed by atoms with van der Waals surface area (Å²) in [4.78, 5) is 77.8. The number of amides is 3. The molecule has 0 aliphatic carbocycles. The number of halogens is 3. The fraction of sp³-hybridized carbons (Fsp3) is 0.263. The lowest BCUT2D eigenvalue weighted by molar-refractivity contribution is -0.137. The molecule has 1 atom stereocenters. The van der Waals surface area contributed by atoms with Gasteiger partial charge in [-0.3, -0.25) is 37.7 Å². The topological polar surface area (TPSA) is 259 Å². The van der Waals surface area contributed by atoms with Gasteiger partial charge in [-0.05, 0) is 80.4 Å². The number of carbonyl (C=O) groups is 4. The van der Waals surface area contributed by atoms with Gasteiger partial charge in [-0.15, -0.1) is 0 Å². The molecule has 0 unspecified atom stereocenters. The SMILES string of the molecule is CCOP(=O)(OCC)OCc1ccc(NC(=O)c2ccc(C(F)(F)F)cc2NC(=O)CC[C@@H](C=O)NC(=O)c2ccc(NCc3cnc4nc(N)[nH]c(=O)c4n3)cc2)cc1. The van der Waals surface area contributed by atoms with Crippen molar-refractivity contribution >= 4 is 66.0 Å². The molecule has 22 heteroatoms. The number of nitrogens with two attached hydrogens (primary N) is 1. The zero-order valence-corrected chi connectivity index (χ0v) is 32.9. The molecule has 0 saturated carbocycles. The highest BCUT2D eigenvalue weighted by atomic mass is 31.2. The summed E-state index contributed by atoms with van der Waals surface area (Å²) in [6.07, 6.45) is -3.60. The number of aromatic nitrogens is 4. The van der Waals surface area contributed by atoms with Crippen molar-refractivity contribution < 1.29 is 50.5 Å². The Morgan fingerprint density at radius 3 is 2.25 bits per heavy atom. The third-order valence-corrected chi connectivity index (χ3v) is 9.91. The molecular weight excluding hydrogens is 814 g/mol. The third-order valence-electron chi connectivity index (χ3n) is 8.31. The Kier molecular flexibility index (Phi) is 14.8. The molecule has 0 saturated heterocycles. The Morgan fingerprint density at radius 2 is 1.60 bits per heavy atom. The van der Waals surface area contributed by atoms with Crippen LogP contribution in [0.4, 0.5) is 36.2 Å². The number of rotatable bonds is 19. The molecular formula is C38H39F3N9O9P. The van der Waals surface area contributed by atoms with Gasteiger partial charge in [0, 0.05) is 23.4 Å². The number of fused-ring (bicyclic) bond motifs is 1. The summed E-state index contributed by atoms with van der Waals surface area (Å²) >= 11 is 0. The van der Waals surface area contributed by atoms with Crippen LogP contribution in [0.2, 0.25) is 0 Å². The summed E-state index contributed by atoms with van der Waals surface area (Å²) < 4.78 is 69.0. The molecule has 3 aromatic carbocycles. The second-order valence-electron chi connectivity index (χ2n) is 12.7. The first-order chi connectivity index (χ1) is 28.6. The summed E-state index contributed by atoms with van der Waals surface area (Å²) in [5.41, 5.74) is 5.20. The molecule has 0 spiro atoms. The molecule has 0 aliphatic heterocycles. The van der Waals surface area contributed by atoms with Gasteiger partial charge in [-0.25, -0.2) is 14.5 Å². The van der Waals surface area contributed by atoms with Gasteiger partial charge in [-0.1, -0.05) is 12.1 Å². The molecule has 18 nitrogen and oxygen atoms in total. The first-order valence-corrected chi connectivity index (χ1v) is 19.6. The van der Waals surface area contributed by atoms with E-state index >= 15 is 0 Å². The minimum atomic E-state index is -4.80. The Balaban J connectivity index is 1.16. The van der Waals surface area contributed by atoms with E-state index in [0.717, 1.165) is 6.07 Å². The fourth-order valence-electron chi connectivity index (χ4n) is 5.40. The lowest BCUT2D eigenvalue weighted by Gasteiger charge is -2.17. The number of phosphoric acid groups is 1. The van der Waals surface area contributed by atoms with Crippen molar-refractivity contribution in [1.82, 2.24) is 25.3 Å². The quantitative estimate of drug-likeness (QED) is 0.0437. The van der Waals surface area contributed by atoms with Crippen molar-refractivity contribution in [3.63, 3.8) is 0 Å². The number of aldehydes is 1. The Labute approximate surface area is 339 Å². The van der Waals surface area contributed by atoms with Gasteiger partial charge in [0.25, 0.3) is 17.4 Å². The maximum absolute atomic E-state index is 13.6. The van der Waals surface area contributed by atoms with Crippen LogP contribution in [0.15, 0.2) is 77.7 Å². The molecule has 0 radical (unpaired) electrons. The summed E-state index contributed by atoms with van der Waals surface area (Å²) in [5.74, 6) is -2.40. The summed E-state index contributed by atoms with van der Waals surface area (Å²) in [6.45, 7) is 3.47. The number of nitrogen functional groups attached to an aromatic ring is 1. The monoisotopic (exact) mass is 853 g/mol. The van der Waals surface area contributed by atoms with Crippen LogP contribution >= 0.6 is 7.82 Å². The molecule has 5 rings (SSSR count). The van der Waals surface area contributed by atoms with Crippen LogP contribution in [0.1, 0.15) is 64.2 Å². The lowest BCUT2D eigenvalue weighted by Crippen LogP contribution is -2.36. The van der Waals surface area contributed by atoms with Crippen LogP contribution in [0.5, 0.6) is 0 Å². The number of hydrogen-bond donors (Lipinski definition) is 6. The standard InChI is InChI=1S/C38H39F3N9O9P/c1-3-57-60(56,58-4-2)59-21-22-5-10-26(11-6-22)46-35(54)29-15-9-24(38(39,40)41)17-30(29)48-31(52)16-14-27(20-51)47-34(53)23-7-12-25(13-8-23)43-18-28-19-44-33-32(45-28)36(55)50-37(42)49-33/h5-13,15,17,19-20,27,43H,3-4,14,16,18,21H2,1-2H3,(H,46,54)(H,47,53)(H,48,52)(H3,42,44,49,50,55)/t27-/m0/s1. The van der Waals surface area contributed by atoms with Gasteiger partial charge < -0.3 is 31.8 Å². The zero-order valence-electron chi connectivity index (χ0n) is 32.0. The van der Waals surface area contributed by atoms with Crippen molar-refractivity contribution in [3.05, 3.63) is 111 Å². The third kappa shape index (κ3) is 12.2. The van der Waals surface area contributed by atoms with Crippen LogP contribution in [0.25, 0.3) is 11.2 Å². The number of alkyl halides is 3. The van der Waals surface area contributed by atoms with Crippen LogP contribution in [0.3, 0.4) is 0 Å². The summed E-state index contributed by atoms with van der Waals surface area (Å²) in [7, 11) is -3.78. The van der Waals surface area contributed by atoms with Crippen molar-refractivity contribution in [2.24, 2.45) is 0 Å². The van der Waals surface area contributed by atoms with E-state index in [2.05, 4.69) is 41.2 Å². The van der Waals surface area contributed by atoms with E-state index in [1.54, 1.807) is 38.1 Å². The Hall–Kier alpha value is -6.54. The highest BCUT2D eigenvalue weighted by Crippen LogP contribution is 2.49. The lowest BCUT2D eigenvalue weighted by atomic mass is 10.1. The van der Waals surface area contributed by atoms with Crippen molar-refractivity contribution in [2.75, 3.05) is 34.9 Å². The first kappa shape index (κ1) is 44.6. The van der Waals surface area contributed by atoms with Gasteiger partial charge in [0.1, 0.15) is 6.29 Å². The van der Waals surface area contributed by atoms with Crippen LogP contribution in [-0.4, -0.2) is 63.2 Å². The molecule has 3 amide bonds. The second-order valence-corrected chi connectivity index (χ2v) is 14.4. The average molecular weight is 854 g/mol. The first-order valence-electron chi connectivity index (χ1n) is 18.2. The highest BCUT2D eigenvalue weighted by molar-refractivity contribution is 7.48. The number of benzene rings is 3.